The predicted octanol–water partition coefficient (Wildman–Crippen LogP) is 16.9. The summed E-state index contributed by atoms with van der Waals surface area (Å²) in [6.07, 6.45) is 46.7. The number of hydrogen-bond acceptors (Lipinski definition) is 6. The molecule has 0 fully saturated rings. The molecule has 6 nitrogen and oxygen atoms in total. The zero-order valence-electron chi connectivity index (χ0n) is 40.4. The summed E-state index contributed by atoms with van der Waals surface area (Å²) < 4.78 is 16.8. The maximum Gasteiger partial charge on any atom is 0.306 e. The number of carbonyl (C=O) groups is 3. The molecular formula is C53H102O6. The van der Waals surface area contributed by atoms with Crippen molar-refractivity contribution in [3.63, 3.8) is 0 Å². The summed E-state index contributed by atoms with van der Waals surface area (Å²) in [6, 6.07) is 0. The van der Waals surface area contributed by atoms with Crippen LogP contribution in [-0.2, 0) is 28.6 Å². The molecule has 6 heteroatoms. The van der Waals surface area contributed by atoms with Gasteiger partial charge in [0.2, 0.25) is 0 Å². The molecule has 59 heavy (non-hydrogen) atoms. The topological polar surface area (TPSA) is 78.9 Å². The molecule has 0 spiro atoms. The molecule has 0 unspecified atom stereocenters. The number of unbranched alkanes of at least 4 members (excludes halogenated alkanes) is 32. The second kappa shape index (κ2) is 45.9. The van der Waals surface area contributed by atoms with Crippen LogP contribution in [0.2, 0.25) is 0 Å². The summed E-state index contributed by atoms with van der Waals surface area (Å²) in [4.78, 5) is 37.9. The minimum Gasteiger partial charge on any atom is -0.462 e. The van der Waals surface area contributed by atoms with Gasteiger partial charge in [-0.05, 0) is 31.1 Å². The van der Waals surface area contributed by atoms with Gasteiger partial charge in [0.15, 0.2) is 6.10 Å². The van der Waals surface area contributed by atoms with Gasteiger partial charge in [-0.25, -0.2) is 0 Å². The van der Waals surface area contributed by atoms with E-state index in [2.05, 4.69) is 34.6 Å². The third-order valence-corrected chi connectivity index (χ3v) is 12.0. The molecule has 350 valence electrons. The average molecular weight is 835 g/mol. The van der Waals surface area contributed by atoms with E-state index in [4.69, 9.17) is 14.2 Å². The van der Waals surface area contributed by atoms with Crippen LogP contribution in [0.4, 0.5) is 0 Å². The highest BCUT2D eigenvalue weighted by Crippen LogP contribution is 2.17. The van der Waals surface area contributed by atoms with Gasteiger partial charge >= 0.3 is 17.9 Å². The third kappa shape index (κ3) is 47.3. The lowest BCUT2D eigenvalue weighted by Crippen LogP contribution is -2.30. The van der Waals surface area contributed by atoms with Crippen LogP contribution in [0.25, 0.3) is 0 Å². The Morgan fingerprint density at radius 3 is 0.831 bits per heavy atom. The molecule has 0 amide bonds. The van der Waals surface area contributed by atoms with Crippen molar-refractivity contribution < 1.29 is 28.6 Å². The van der Waals surface area contributed by atoms with E-state index >= 15 is 0 Å². The van der Waals surface area contributed by atoms with E-state index in [0.29, 0.717) is 19.3 Å². The SMILES string of the molecule is CCCCCCCCCCCCCCCCCCCC(=O)OC[C@H](COC(=O)CCCCCCCCCC(C)C)OC(=O)CCCCCCCCCCCCCC(C)C. The molecule has 0 aromatic heterocycles. The zero-order chi connectivity index (χ0) is 43.3. The van der Waals surface area contributed by atoms with Crippen molar-refractivity contribution in [3.8, 4) is 0 Å². The van der Waals surface area contributed by atoms with E-state index in [1.165, 1.54) is 180 Å². The highest BCUT2D eigenvalue weighted by atomic mass is 16.6. The van der Waals surface area contributed by atoms with Crippen molar-refractivity contribution in [3.05, 3.63) is 0 Å². The van der Waals surface area contributed by atoms with Gasteiger partial charge in [-0.3, -0.25) is 14.4 Å². The average Bonchev–Trinajstić information content (AvgIpc) is 3.20. The van der Waals surface area contributed by atoms with Gasteiger partial charge in [-0.15, -0.1) is 0 Å². The molecule has 0 aromatic carbocycles. The Bertz CT molecular complexity index is 900. The highest BCUT2D eigenvalue weighted by molar-refractivity contribution is 5.71. The Kier molecular flexibility index (Phi) is 44.7. The highest BCUT2D eigenvalue weighted by Gasteiger charge is 2.19. The first-order valence-electron chi connectivity index (χ1n) is 26.2. The smallest absolute Gasteiger partial charge is 0.306 e. The molecule has 0 saturated carbocycles. The van der Waals surface area contributed by atoms with E-state index < -0.39 is 6.10 Å². The van der Waals surface area contributed by atoms with Crippen molar-refractivity contribution in [2.45, 2.75) is 298 Å². The van der Waals surface area contributed by atoms with E-state index in [1.807, 2.05) is 0 Å². The lowest BCUT2D eigenvalue weighted by Gasteiger charge is -2.18. The lowest BCUT2D eigenvalue weighted by molar-refractivity contribution is -0.167. The molecule has 1 atom stereocenters. The second-order valence-electron chi connectivity index (χ2n) is 19.1. The summed E-state index contributed by atoms with van der Waals surface area (Å²) in [5, 5.41) is 0. The summed E-state index contributed by atoms with van der Waals surface area (Å²) in [5.41, 5.74) is 0. The number of carbonyl (C=O) groups excluding carboxylic acids is 3. The van der Waals surface area contributed by atoms with Gasteiger partial charge in [-0.2, -0.15) is 0 Å². The maximum absolute atomic E-state index is 12.8. The van der Waals surface area contributed by atoms with Crippen LogP contribution in [0.15, 0.2) is 0 Å². The van der Waals surface area contributed by atoms with E-state index in [-0.39, 0.29) is 31.1 Å². The first-order valence-corrected chi connectivity index (χ1v) is 26.2. The van der Waals surface area contributed by atoms with Crippen LogP contribution in [-0.4, -0.2) is 37.2 Å². The van der Waals surface area contributed by atoms with Crippen LogP contribution < -0.4 is 0 Å². The van der Waals surface area contributed by atoms with Crippen molar-refractivity contribution in [1.29, 1.82) is 0 Å². The Morgan fingerprint density at radius 1 is 0.322 bits per heavy atom. The fraction of sp³-hybridized carbons (Fsp3) is 0.943. The summed E-state index contributed by atoms with van der Waals surface area (Å²) in [6.45, 7) is 11.3. The standard InChI is InChI=1S/C53H102O6/c1-6-7-8-9-10-11-12-13-14-15-16-17-20-23-28-33-38-43-51(54)57-46-50(47-58-52(55)44-39-34-30-25-27-32-37-42-49(4)5)59-53(56)45-40-35-29-24-21-18-19-22-26-31-36-41-48(2)3/h48-50H,6-47H2,1-5H3/t50-/m1/s1. The molecule has 0 bridgehead atoms. The first-order chi connectivity index (χ1) is 28.7. The Labute approximate surface area is 368 Å². The van der Waals surface area contributed by atoms with E-state index in [9.17, 15) is 14.4 Å². The molecule has 0 aliphatic heterocycles. The maximum atomic E-state index is 12.8. The fourth-order valence-electron chi connectivity index (χ4n) is 7.99. The Hall–Kier alpha value is -1.59. The Balaban J connectivity index is 4.27. The molecule has 0 radical (unpaired) electrons. The van der Waals surface area contributed by atoms with Crippen LogP contribution in [0.1, 0.15) is 291 Å². The Morgan fingerprint density at radius 2 is 0.559 bits per heavy atom. The van der Waals surface area contributed by atoms with Gasteiger partial charge in [-0.1, -0.05) is 253 Å². The summed E-state index contributed by atoms with van der Waals surface area (Å²) >= 11 is 0. The molecular weight excluding hydrogens is 733 g/mol. The van der Waals surface area contributed by atoms with E-state index in [0.717, 1.165) is 69.6 Å². The molecule has 0 saturated heterocycles. The number of hydrogen-bond donors (Lipinski definition) is 0. The molecule has 0 heterocycles. The van der Waals surface area contributed by atoms with Crippen LogP contribution in [0.3, 0.4) is 0 Å². The zero-order valence-corrected chi connectivity index (χ0v) is 40.4. The van der Waals surface area contributed by atoms with Crippen LogP contribution >= 0.6 is 0 Å². The predicted molar refractivity (Wildman–Crippen MR) is 252 cm³/mol. The monoisotopic (exact) mass is 835 g/mol. The lowest BCUT2D eigenvalue weighted by atomic mass is 10.0. The van der Waals surface area contributed by atoms with Crippen LogP contribution in [0, 0.1) is 11.8 Å². The van der Waals surface area contributed by atoms with Gasteiger partial charge in [0.1, 0.15) is 13.2 Å². The van der Waals surface area contributed by atoms with Gasteiger partial charge < -0.3 is 14.2 Å². The number of ether oxygens (including phenoxy) is 3. The quantitative estimate of drug-likeness (QED) is 0.0345. The summed E-state index contributed by atoms with van der Waals surface area (Å²) in [7, 11) is 0. The summed E-state index contributed by atoms with van der Waals surface area (Å²) in [5.74, 6) is 0.756. The third-order valence-electron chi connectivity index (χ3n) is 12.0. The van der Waals surface area contributed by atoms with Gasteiger partial charge in [0.25, 0.3) is 0 Å². The van der Waals surface area contributed by atoms with Gasteiger partial charge in [0.05, 0.1) is 0 Å². The molecule has 0 N–H and O–H groups in total. The number of rotatable bonds is 47. The first kappa shape index (κ1) is 57.4. The molecule has 0 rings (SSSR count). The van der Waals surface area contributed by atoms with Crippen molar-refractivity contribution >= 4 is 17.9 Å². The number of esters is 3. The fourth-order valence-corrected chi connectivity index (χ4v) is 7.99. The van der Waals surface area contributed by atoms with Crippen molar-refractivity contribution in [1.82, 2.24) is 0 Å². The molecule has 0 aliphatic rings. The molecule has 0 aromatic rings. The largest absolute Gasteiger partial charge is 0.462 e. The van der Waals surface area contributed by atoms with Gasteiger partial charge in [0, 0.05) is 19.3 Å². The van der Waals surface area contributed by atoms with E-state index in [1.54, 1.807) is 0 Å². The molecule has 0 aliphatic carbocycles. The minimum atomic E-state index is -0.762. The normalized spacial score (nSPS) is 12.1. The van der Waals surface area contributed by atoms with Crippen LogP contribution in [0.5, 0.6) is 0 Å². The second-order valence-corrected chi connectivity index (χ2v) is 19.1. The van der Waals surface area contributed by atoms with Crippen molar-refractivity contribution in [2.75, 3.05) is 13.2 Å². The minimum absolute atomic E-state index is 0.0641. The van der Waals surface area contributed by atoms with Crippen molar-refractivity contribution in [2.24, 2.45) is 11.8 Å².